The number of ether oxygens (including phenoxy) is 1. The van der Waals surface area contributed by atoms with E-state index in [0.29, 0.717) is 48.7 Å². The first kappa shape index (κ1) is 25.1. The summed E-state index contributed by atoms with van der Waals surface area (Å²) in [5, 5.41) is 4.76. The number of carbonyl (C=O) groups excluding carboxylic acids is 1. The molecule has 0 saturated carbocycles. The number of rotatable bonds is 7. The zero-order chi connectivity index (χ0) is 26.0. The van der Waals surface area contributed by atoms with Crippen LogP contribution in [0.4, 0.5) is 0 Å². The van der Waals surface area contributed by atoms with Crippen molar-refractivity contribution in [2.24, 2.45) is 0 Å². The lowest BCUT2D eigenvalue weighted by Gasteiger charge is -2.26. The Labute approximate surface area is 217 Å². The molecule has 0 atom stereocenters. The molecule has 0 spiro atoms. The van der Waals surface area contributed by atoms with Crippen LogP contribution in [0.15, 0.2) is 83.9 Å². The number of para-hydroxylation sites is 1. The van der Waals surface area contributed by atoms with E-state index in [2.05, 4.69) is 0 Å². The number of aromatic nitrogens is 2. The third kappa shape index (κ3) is 5.27. The van der Waals surface area contributed by atoms with Crippen LogP contribution >= 0.6 is 0 Å². The van der Waals surface area contributed by atoms with Crippen LogP contribution in [0.1, 0.15) is 27.0 Å². The highest BCUT2D eigenvalue weighted by Gasteiger charge is 2.28. The standard InChI is InChI=1S/C29H29N3O4S/c1-21-8-12-24(13-9-21)29-26(20-32(30-29)25-6-4-3-5-7-25)27(33)18-23-11-10-22(2)28(19-23)37(34,35)31-14-16-36-17-15-31/h3-13,19-20H,14-18H2,1-2H3. The first-order chi connectivity index (χ1) is 17.8. The van der Waals surface area contributed by atoms with Crippen LogP contribution in [0.3, 0.4) is 0 Å². The largest absolute Gasteiger partial charge is 0.379 e. The molecular formula is C29H29N3O4S. The van der Waals surface area contributed by atoms with Crippen molar-refractivity contribution in [1.29, 1.82) is 0 Å². The highest BCUT2D eigenvalue weighted by atomic mass is 32.2. The lowest BCUT2D eigenvalue weighted by molar-refractivity contribution is 0.0730. The molecule has 0 N–H and O–H groups in total. The van der Waals surface area contributed by atoms with Crippen LogP contribution in [-0.4, -0.2) is 54.6 Å². The molecule has 1 aromatic heterocycles. The number of aryl methyl sites for hydroxylation is 2. The molecule has 0 amide bonds. The van der Waals surface area contributed by atoms with Crippen molar-refractivity contribution in [1.82, 2.24) is 14.1 Å². The van der Waals surface area contributed by atoms with E-state index in [1.165, 1.54) is 4.31 Å². The van der Waals surface area contributed by atoms with Gasteiger partial charge in [0.15, 0.2) is 5.78 Å². The summed E-state index contributed by atoms with van der Waals surface area (Å²) in [6.45, 7) is 5.19. The van der Waals surface area contributed by atoms with Gasteiger partial charge in [0.05, 0.1) is 29.4 Å². The van der Waals surface area contributed by atoms with Crippen molar-refractivity contribution >= 4 is 15.8 Å². The first-order valence-corrected chi connectivity index (χ1v) is 13.7. The minimum atomic E-state index is -3.68. The molecule has 0 unspecified atom stereocenters. The molecule has 4 aromatic rings. The quantitative estimate of drug-likeness (QED) is 0.336. The van der Waals surface area contributed by atoms with E-state index in [0.717, 1.165) is 16.8 Å². The number of morpholine rings is 1. The third-order valence-electron chi connectivity index (χ3n) is 6.57. The normalized spacial score (nSPS) is 14.5. The summed E-state index contributed by atoms with van der Waals surface area (Å²) >= 11 is 0. The molecule has 0 radical (unpaired) electrons. The van der Waals surface area contributed by atoms with Gasteiger partial charge in [-0.3, -0.25) is 4.79 Å². The molecule has 5 rings (SSSR count). The van der Waals surface area contributed by atoms with E-state index in [1.54, 1.807) is 29.9 Å². The van der Waals surface area contributed by atoms with E-state index in [1.807, 2.05) is 67.6 Å². The van der Waals surface area contributed by atoms with Crippen molar-refractivity contribution < 1.29 is 17.9 Å². The molecule has 190 valence electrons. The highest BCUT2D eigenvalue weighted by molar-refractivity contribution is 7.89. The number of hydrogen-bond acceptors (Lipinski definition) is 5. The van der Waals surface area contributed by atoms with Gasteiger partial charge < -0.3 is 4.74 Å². The van der Waals surface area contributed by atoms with Crippen LogP contribution in [0.2, 0.25) is 0 Å². The summed E-state index contributed by atoms with van der Waals surface area (Å²) in [5.74, 6) is -0.128. The predicted molar refractivity (Wildman–Crippen MR) is 143 cm³/mol. The van der Waals surface area contributed by atoms with Gasteiger partial charge in [0, 0.05) is 31.3 Å². The van der Waals surface area contributed by atoms with Crippen molar-refractivity contribution in [2.75, 3.05) is 26.3 Å². The molecule has 2 heterocycles. The Bertz CT molecular complexity index is 1520. The summed E-state index contributed by atoms with van der Waals surface area (Å²) in [6.07, 6.45) is 1.82. The summed E-state index contributed by atoms with van der Waals surface area (Å²) in [7, 11) is -3.68. The minimum absolute atomic E-state index is 0.0608. The number of ketones is 1. The van der Waals surface area contributed by atoms with E-state index in [4.69, 9.17) is 9.84 Å². The number of benzene rings is 3. The number of hydrogen-bond donors (Lipinski definition) is 0. The van der Waals surface area contributed by atoms with E-state index < -0.39 is 10.0 Å². The zero-order valence-electron chi connectivity index (χ0n) is 20.9. The molecule has 8 heteroatoms. The summed E-state index contributed by atoms with van der Waals surface area (Å²) < 4.78 is 35.1. The number of nitrogens with zero attached hydrogens (tertiary/aromatic N) is 3. The molecular weight excluding hydrogens is 486 g/mol. The summed E-state index contributed by atoms with van der Waals surface area (Å²) in [6, 6.07) is 22.8. The Balaban J connectivity index is 1.49. The second-order valence-corrected chi connectivity index (χ2v) is 11.2. The number of Topliss-reactive ketones (excluding diaryl/α,β-unsaturated/α-hetero) is 1. The Hall–Kier alpha value is -3.59. The van der Waals surface area contributed by atoms with Gasteiger partial charge in [0.1, 0.15) is 5.69 Å². The Kier molecular flexibility index (Phi) is 7.06. The number of sulfonamides is 1. The maximum Gasteiger partial charge on any atom is 0.243 e. The molecule has 1 saturated heterocycles. The highest BCUT2D eigenvalue weighted by Crippen LogP contribution is 2.27. The van der Waals surface area contributed by atoms with Gasteiger partial charge in [0.2, 0.25) is 10.0 Å². The summed E-state index contributed by atoms with van der Waals surface area (Å²) in [5.41, 5.74) is 5.21. The summed E-state index contributed by atoms with van der Waals surface area (Å²) in [4.78, 5) is 13.9. The first-order valence-electron chi connectivity index (χ1n) is 12.3. The van der Waals surface area contributed by atoms with Crippen LogP contribution < -0.4 is 0 Å². The van der Waals surface area contributed by atoms with Gasteiger partial charge in [-0.1, -0.05) is 60.2 Å². The van der Waals surface area contributed by atoms with Gasteiger partial charge in [-0.05, 0) is 43.2 Å². The Morgan fingerprint density at radius 1 is 0.946 bits per heavy atom. The van der Waals surface area contributed by atoms with Crippen LogP contribution in [0.25, 0.3) is 16.9 Å². The van der Waals surface area contributed by atoms with E-state index in [9.17, 15) is 13.2 Å². The molecule has 1 aliphatic rings. The van der Waals surface area contributed by atoms with Crippen molar-refractivity contribution in [2.45, 2.75) is 25.2 Å². The fourth-order valence-electron chi connectivity index (χ4n) is 4.45. The third-order valence-corrected chi connectivity index (χ3v) is 8.61. The Morgan fingerprint density at radius 2 is 1.65 bits per heavy atom. The average Bonchev–Trinajstić information content (AvgIpc) is 3.37. The Morgan fingerprint density at radius 3 is 2.35 bits per heavy atom. The molecule has 7 nitrogen and oxygen atoms in total. The maximum atomic E-state index is 13.6. The minimum Gasteiger partial charge on any atom is -0.379 e. The smallest absolute Gasteiger partial charge is 0.243 e. The van der Waals surface area contributed by atoms with Crippen molar-refractivity contribution in [3.8, 4) is 16.9 Å². The van der Waals surface area contributed by atoms with Gasteiger partial charge in [-0.15, -0.1) is 0 Å². The second-order valence-electron chi connectivity index (χ2n) is 9.25. The molecule has 1 aliphatic heterocycles. The lowest BCUT2D eigenvalue weighted by atomic mass is 9.99. The van der Waals surface area contributed by atoms with E-state index >= 15 is 0 Å². The SMILES string of the molecule is Cc1ccc(-c2nn(-c3ccccc3)cc2C(=O)Cc2ccc(C)c(S(=O)(=O)N3CCOCC3)c2)cc1. The zero-order valence-corrected chi connectivity index (χ0v) is 21.7. The maximum absolute atomic E-state index is 13.6. The van der Waals surface area contributed by atoms with Gasteiger partial charge in [-0.2, -0.15) is 9.40 Å². The van der Waals surface area contributed by atoms with Gasteiger partial charge in [-0.25, -0.2) is 13.1 Å². The predicted octanol–water partition coefficient (Wildman–Crippen LogP) is 4.60. The fraction of sp³-hybridized carbons (Fsp3) is 0.241. The second kappa shape index (κ2) is 10.4. The topological polar surface area (TPSA) is 81.5 Å². The van der Waals surface area contributed by atoms with Gasteiger partial charge in [0.25, 0.3) is 0 Å². The van der Waals surface area contributed by atoms with Crippen LogP contribution in [-0.2, 0) is 21.2 Å². The van der Waals surface area contributed by atoms with Crippen molar-refractivity contribution in [3.05, 3.63) is 101 Å². The average molecular weight is 516 g/mol. The molecule has 0 aliphatic carbocycles. The fourth-order valence-corrected chi connectivity index (χ4v) is 6.14. The van der Waals surface area contributed by atoms with Crippen LogP contribution in [0, 0.1) is 13.8 Å². The number of carbonyl (C=O) groups is 1. The molecule has 37 heavy (non-hydrogen) atoms. The molecule has 3 aromatic carbocycles. The van der Waals surface area contributed by atoms with E-state index in [-0.39, 0.29) is 17.1 Å². The molecule has 0 bridgehead atoms. The van der Waals surface area contributed by atoms with Crippen LogP contribution in [0.5, 0.6) is 0 Å². The van der Waals surface area contributed by atoms with Crippen molar-refractivity contribution in [3.63, 3.8) is 0 Å². The molecule has 1 fully saturated rings. The lowest BCUT2D eigenvalue weighted by Crippen LogP contribution is -2.40. The monoisotopic (exact) mass is 515 g/mol. The van der Waals surface area contributed by atoms with Gasteiger partial charge >= 0.3 is 0 Å².